The molecule has 0 unspecified atom stereocenters. The van der Waals surface area contributed by atoms with Crippen molar-refractivity contribution in [1.29, 1.82) is 0 Å². The Kier molecular flexibility index (Phi) is 6.53. The van der Waals surface area contributed by atoms with Crippen LogP contribution in [0.3, 0.4) is 0 Å². The fourth-order valence-electron chi connectivity index (χ4n) is 3.80. The Morgan fingerprint density at radius 3 is 2.38 bits per heavy atom. The maximum atomic E-state index is 12.9. The topological polar surface area (TPSA) is 89.2 Å². The highest BCUT2D eigenvalue weighted by Crippen LogP contribution is 2.14. The molecule has 1 amide bonds. The zero-order chi connectivity index (χ0) is 22.7. The maximum absolute atomic E-state index is 12.9. The maximum Gasteiger partial charge on any atom is 0.351 e. The lowest BCUT2D eigenvalue weighted by atomic mass is 10.0. The average Bonchev–Trinajstić information content (AvgIpc) is 2.80. The van der Waals surface area contributed by atoms with Gasteiger partial charge in [-0.05, 0) is 42.7 Å². The van der Waals surface area contributed by atoms with Gasteiger partial charge in [0.1, 0.15) is 0 Å². The number of likely N-dealkylation sites (tertiary alicyclic amines) is 1. The molecule has 1 aliphatic heterocycles. The molecule has 1 aromatic heterocycles. The summed E-state index contributed by atoms with van der Waals surface area (Å²) in [5.74, 6) is -0.574. The third-order valence-electron chi connectivity index (χ3n) is 5.63. The minimum atomic E-state index is -0.723. The molecule has 1 fully saturated rings. The van der Waals surface area contributed by atoms with Crippen molar-refractivity contribution >= 4 is 17.5 Å². The molecule has 1 saturated heterocycles. The summed E-state index contributed by atoms with van der Waals surface area (Å²) in [6, 6.07) is 16.6. The SMILES string of the molecule is Cn1c(=O)c(C(=O)NC2CCN(Cc3ccccc3)CC2)nn(-c2ccc(Cl)cc2)c1=O. The van der Waals surface area contributed by atoms with Crippen LogP contribution < -0.4 is 16.6 Å². The Balaban J connectivity index is 1.46. The van der Waals surface area contributed by atoms with Gasteiger partial charge in [-0.3, -0.25) is 19.1 Å². The number of benzene rings is 2. The molecule has 166 valence electrons. The van der Waals surface area contributed by atoms with Gasteiger partial charge >= 0.3 is 5.69 Å². The van der Waals surface area contributed by atoms with E-state index in [1.54, 1.807) is 24.3 Å². The molecular formula is C23H24ClN5O3. The number of carbonyl (C=O) groups is 1. The standard InChI is InChI=1S/C23H24ClN5O3/c1-27-22(31)20(26-29(23(27)32)19-9-7-17(24)8-10-19)21(30)25-18-11-13-28(14-12-18)15-16-5-3-2-4-6-16/h2-10,18H,11-15H2,1H3,(H,25,30). The van der Waals surface area contributed by atoms with E-state index in [1.165, 1.54) is 12.6 Å². The van der Waals surface area contributed by atoms with Crippen molar-refractivity contribution in [2.45, 2.75) is 25.4 Å². The molecule has 9 heteroatoms. The van der Waals surface area contributed by atoms with Gasteiger partial charge in [-0.15, -0.1) is 0 Å². The van der Waals surface area contributed by atoms with Gasteiger partial charge in [0.25, 0.3) is 11.5 Å². The summed E-state index contributed by atoms with van der Waals surface area (Å²) >= 11 is 5.91. The van der Waals surface area contributed by atoms with Crippen LogP contribution in [0.1, 0.15) is 28.9 Å². The van der Waals surface area contributed by atoms with Crippen LogP contribution >= 0.6 is 11.6 Å². The molecule has 0 saturated carbocycles. The van der Waals surface area contributed by atoms with Gasteiger partial charge in [0, 0.05) is 37.7 Å². The molecule has 1 N–H and O–H groups in total. The van der Waals surface area contributed by atoms with Gasteiger partial charge < -0.3 is 5.32 Å². The molecule has 0 atom stereocenters. The van der Waals surface area contributed by atoms with Gasteiger partial charge in [-0.2, -0.15) is 9.78 Å². The van der Waals surface area contributed by atoms with Crippen LogP contribution in [0.4, 0.5) is 0 Å². The zero-order valence-electron chi connectivity index (χ0n) is 17.7. The van der Waals surface area contributed by atoms with Crippen LogP contribution in [0.15, 0.2) is 64.2 Å². The van der Waals surface area contributed by atoms with Crippen molar-refractivity contribution in [3.8, 4) is 5.69 Å². The number of hydrogen-bond acceptors (Lipinski definition) is 5. The molecule has 3 aromatic rings. The second-order valence-electron chi connectivity index (χ2n) is 7.89. The largest absolute Gasteiger partial charge is 0.351 e. The second kappa shape index (κ2) is 9.50. The third kappa shape index (κ3) is 4.81. The Morgan fingerprint density at radius 2 is 1.72 bits per heavy atom. The molecule has 2 aromatic carbocycles. The number of aromatic nitrogens is 3. The van der Waals surface area contributed by atoms with Gasteiger partial charge in [-0.25, -0.2) is 4.79 Å². The first kappa shape index (κ1) is 22.0. The minimum absolute atomic E-state index is 0.0584. The molecule has 2 heterocycles. The Morgan fingerprint density at radius 1 is 1.06 bits per heavy atom. The number of hydrogen-bond donors (Lipinski definition) is 1. The van der Waals surface area contributed by atoms with Gasteiger partial charge in [0.05, 0.1) is 5.69 Å². The van der Waals surface area contributed by atoms with Gasteiger partial charge in [-0.1, -0.05) is 41.9 Å². The lowest BCUT2D eigenvalue weighted by Crippen LogP contribution is -2.48. The highest BCUT2D eigenvalue weighted by atomic mass is 35.5. The molecule has 0 aliphatic carbocycles. The first-order valence-corrected chi connectivity index (χ1v) is 10.8. The fourth-order valence-corrected chi connectivity index (χ4v) is 3.92. The molecule has 8 nitrogen and oxygen atoms in total. The predicted molar refractivity (Wildman–Crippen MR) is 122 cm³/mol. The molecule has 0 radical (unpaired) electrons. The zero-order valence-corrected chi connectivity index (χ0v) is 18.5. The summed E-state index contributed by atoms with van der Waals surface area (Å²) in [5.41, 5.74) is 0.00138. The monoisotopic (exact) mass is 453 g/mol. The van der Waals surface area contributed by atoms with Crippen molar-refractivity contribution in [2.75, 3.05) is 13.1 Å². The number of nitrogens with zero attached hydrogens (tertiary/aromatic N) is 4. The summed E-state index contributed by atoms with van der Waals surface area (Å²) in [6.07, 6.45) is 1.55. The number of rotatable bonds is 5. The molecule has 1 aliphatic rings. The normalized spacial score (nSPS) is 14.9. The van der Waals surface area contributed by atoms with Crippen LogP contribution in [-0.2, 0) is 13.6 Å². The van der Waals surface area contributed by atoms with Crippen LogP contribution in [-0.4, -0.2) is 44.3 Å². The van der Waals surface area contributed by atoms with E-state index >= 15 is 0 Å². The summed E-state index contributed by atoms with van der Waals surface area (Å²) in [7, 11) is 1.33. The van der Waals surface area contributed by atoms with Crippen LogP contribution in [0.25, 0.3) is 5.69 Å². The third-order valence-corrected chi connectivity index (χ3v) is 5.89. The number of halogens is 1. The summed E-state index contributed by atoms with van der Waals surface area (Å²) in [6.45, 7) is 2.56. The minimum Gasteiger partial charge on any atom is -0.348 e. The summed E-state index contributed by atoms with van der Waals surface area (Å²) in [4.78, 5) is 40.3. The predicted octanol–water partition coefficient (Wildman–Crippen LogP) is 1.98. The first-order valence-electron chi connectivity index (χ1n) is 10.5. The Bertz CT molecular complexity index is 1210. The average molecular weight is 454 g/mol. The lowest BCUT2D eigenvalue weighted by Gasteiger charge is -2.32. The first-order chi connectivity index (χ1) is 15.4. The number of amides is 1. The molecule has 0 spiro atoms. The highest BCUT2D eigenvalue weighted by molar-refractivity contribution is 6.30. The Hall–Kier alpha value is -3.23. The molecular weight excluding hydrogens is 430 g/mol. The van der Waals surface area contributed by atoms with E-state index in [0.717, 1.165) is 41.7 Å². The summed E-state index contributed by atoms with van der Waals surface area (Å²) in [5, 5.41) is 7.49. The van der Waals surface area contributed by atoms with Crippen LogP contribution in [0.5, 0.6) is 0 Å². The molecule has 4 rings (SSSR count). The van der Waals surface area contributed by atoms with E-state index in [9.17, 15) is 14.4 Å². The Labute approximate surface area is 190 Å². The van der Waals surface area contributed by atoms with Crippen molar-refractivity contribution in [3.63, 3.8) is 0 Å². The van der Waals surface area contributed by atoms with Gasteiger partial charge in [0.2, 0.25) is 5.69 Å². The van der Waals surface area contributed by atoms with E-state index in [1.807, 2.05) is 18.2 Å². The van der Waals surface area contributed by atoms with E-state index in [2.05, 4.69) is 27.4 Å². The summed E-state index contributed by atoms with van der Waals surface area (Å²) < 4.78 is 1.92. The number of piperidine rings is 1. The number of carbonyl (C=O) groups excluding carboxylic acids is 1. The van der Waals surface area contributed by atoms with Crippen molar-refractivity contribution in [2.24, 2.45) is 7.05 Å². The van der Waals surface area contributed by atoms with Crippen molar-refractivity contribution in [1.82, 2.24) is 24.6 Å². The van der Waals surface area contributed by atoms with Crippen molar-refractivity contribution in [3.05, 3.63) is 91.7 Å². The lowest BCUT2D eigenvalue weighted by molar-refractivity contribution is 0.0899. The van der Waals surface area contributed by atoms with E-state index in [-0.39, 0.29) is 11.7 Å². The highest BCUT2D eigenvalue weighted by Gasteiger charge is 2.24. The smallest absolute Gasteiger partial charge is 0.348 e. The number of nitrogens with one attached hydrogen (secondary N) is 1. The van der Waals surface area contributed by atoms with Crippen LogP contribution in [0.2, 0.25) is 5.02 Å². The second-order valence-corrected chi connectivity index (χ2v) is 8.33. The quantitative estimate of drug-likeness (QED) is 0.638. The van der Waals surface area contributed by atoms with E-state index in [4.69, 9.17) is 11.6 Å². The van der Waals surface area contributed by atoms with Gasteiger partial charge in [0.15, 0.2) is 0 Å². The van der Waals surface area contributed by atoms with E-state index < -0.39 is 17.2 Å². The van der Waals surface area contributed by atoms with Crippen molar-refractivity contribution < 1.29 is 4.79 Å². The molecule has 32 heavy (non-hydrogen) atoms. The van der Waals surface area contributed by atoms with E-state index in [0.29, 0.717) is 10.7 Å². The fraction of sp³-hybridized carbons (Fsp3) is 0.304. The molecule has 0 bridgehead atoms. The van der Waals surface area contributed by atoms with Crippen LogP contribution in [0, 0.1) is 0 Å².